The molecule has 0 atom stereocenters. The summed E-state index contributed by atoms with van der Waals surface area (Å²) in [5, 5.41) is 8.68. The summed E-state index contributed by atoms with van der Waals surface area (Å²) in [6.07, 6.45) is 1.90. The summed E-state index contributed by atoms with van der Waals surface area (Å²) in [4.78, 5) is 0. The Morgan fingerprint density at radius 2 is 1.91 bits per heavy atom. The number of benzene rings is 1. The topological polar surface area (TPSA) is 42.2 Å². The Bertz CT molecular complexity index is 651. The zero-order valence-electron chi connectivity index (χ0n) is 13.9. The second-order valence-corrected chi connectivity index (χ2v) is 6.97. The quantitative estimate of drug-likeness (QED) is 0.672. The molecule has 1 heterocycles. The van der Waals surface area contributed by atoms with Crippen LogP contribution in [0, 0.1) is 17.1 Å². The molecule has 1 aromatic carbocycles. The van der Waals surface area contributed by atoms with Crippen molar-refractivity contribution in [1.82, 2.24) is 0 Å². The Morgan fingerprint density at radius 1 is 1.30 bits per heavy atom. The van der Waals surface area contributed by atoms with E-state index in [1.807, 2.05) is 33.8 Å². The number of rotatable bonds is 4. The summed E-state index contributed by atoms with van der Waals surface area (Å²) >= 11 is 4.33. The van der Waals surface area contributed by atoms with Gasteiger partial charge in [0.2, 0.25) is 0 Å². The van der Waals surface area contributed by atoms with Crippen LogP contribution in [0.25, 0.3) is 6.08 Å². The van der Waals surface area contributed by atoms with Crippen LogP contribution in [0.4, 0.5) is 4.39 Å². The predicted molar refractivity (Wildman–Crippen MR) is 93.6 cm³/mol. The minimum atomic E-state index is -0.546. The van der Waals surface area contributed by atoms with Crippen molar-refractivity contribution in [1.29, 1.82) is 5.26 Å². The minimum absolute atomic E-state index is 0.192. The molecule has 1 aromatic rings. The first kappa shape index (κ1) is 18.1. The van der Waals surface area contributed by atoms with E-state index in [2.05, 4.69) is 12.6 Å². The third kappa shape index (κ3) is 3.80. The van der Waals surface area contributed by atoms with Crippen molar-refractivity contribution in [2.24, 2.45) is 0 Å². The molecule has 1 aliphatic rings. The second-order valence-electron chi connectivity index (χ2n) is 6.66. The van der Waals surface area contributed by atoms with Gasteiger partial charge in [0.15, 0.2) is 0 Å². The maximum atomic E-state index is 14.2. The molecule has 3 nitrogen and oxygen atoms in total. The van der Waals surface area contributed by atoms with Gasteiger partial charge in [0.1, 0.15) is 5.82 Å². The fourth-order valence-corrected chi connectivity index (χ4v) is 2.51. The Kier molecular flexibility index (Phi) is 5.25. The first-order valence-electron chi connectivity index (χ1n) is 7.52. The summed E-state index contributed by atoms with van der Waals surface area (Å²) < 4.78 is 26.2. The van der Waals surface area contributed by atoms with E-state index in [-0.39, 0.29) is 12.2 Å². The fourth-order valence-electron chi connectivity index (χ4n) is 2.27. The average Bonchev–Trinajstić information content (AvgIpc) is 2.67. The molecular weight excluding hydrogens is 312 g/mol. The van der Waals surface area contributed by atoms with Gasteiger partial charge in [-0.2, -0.15) is 17.9 Å². The molecule has 6 heteroatoms. The van der Waals surface area contributed by atoms with Gasteiger partial charge in [-0.05, 0) is 44.8 Å². The van der Waals surface area contributed by atoms with Crippen LogP contribution in [0.1, 0.15) is 38.8 Å². The maximum absolute atomic E-state index is 14.2. The van der Waals surface area contributed by atoms with Crippen molar-refractivity contribution in [3.8, 4) is 6.07 Å². The maximum Gasteiger partial charge on any atom is 0.491 e. The van der Waals surface area contributed by atoms with Crippen LogP contribution >= 0.6 is 12.6 Å². The molecular formula is C17H21BFNO2S. The SMILES string of the molecule is CC1(C)OB(C(=Cc2ccc(CC#N)cc2F)CS)OC1(C)C. The molecule has 23 heavy (non-hydrogen) atoms. The van der Waals surface area contributed by atoms with Crippen molar-refractivity contribution in [2.45, 2.75) is 45.3 Å². The normalized spacial score (nSPS) is 19.7. The molecule has 1 fully saturated rings. The first-order chi connectivity index (χ1) is 10.7. The zero-order chi connectivity index (χ0) is 17.3. The highest BCUT2D eigenvalue weighted by molar-refractivity contribution is 7.80. The number of thiol groups is 1. The molecule has 0 aromatic heterocycles. The van der Waals surface area contributed by atoms with Crippen molar-refractivity contribution in [3.05, 3.63) is 40.6 Å². The number of nitrogens with zero attached hydrogens (tertiary/aromatic N) is 1. The summed E-state index contributed by atoms with van der Waals surface area (Å²) in [5.41, 5.74) is 0.957. The number of hydrogen-bond acceptors (Lipinski definition) is 4. The van der Waals surface area contributed by atoms with Gasteiger partial charge in [-0.15, -0.1) is 0 Å². The van der Waals surface area contributed by atoms with Gasteiger partial charge in [-0.3, -0.25) is 0 Å². The molecule has 0 unspecified atom stereocenters. The summed E-state index contributed by atoms with van der Waals surface area (Å²) in [5.74, 6) is 0.0319. The van der Waals surface area contributed by atoms with Crippen molar-refractivity contribution in [3.63, 3.8) is 0 Å². The van der Waals surface area contributed by atoms with Crippen molar-refractivity contribution in [2.75, 3.05) is 5.75 Å². The second kappa shape index (κ2) is 6.68. The van der Waals surface area contributed by atoms with Gasteiger partial charge in [0.05, 0.1) is 23.7 Å². The van der Waals surface area contributed by atoms with Crippen LogP contribution < -0.4 is 0 Å². The third-order valence-corrected chi connectivity index (χ3v) is 4.79. The zero-order valence-corrected chi connectivity index (χ0v) is 14.8. The van der Waals surface area contributed by atoms with Gasteiger partial charge < -0.3 is 9.31 Å². The van der Waals surface area contributed by atoms with E-state index >= 15 is 0 Å². The fraction of sp³-hybridized carbons (Fsp3) is 0.471. The minimum Gasteiger partial charge on any atom is -0.400 e. The largest absolute Gasteiger partial charge is 0.491 e. The highest BCUT2D eigenvalue weighted by Crippen LogP contribution is 2.39. The number of hydrogen-bond donors (Lipinski definition) is 1. The smallest absolute Gasteiger partial charge is 0.400 e. The van der Waals surface area contributed by atoms with Crippen LogP contribution in [-0.2, 0) is 15.7 Å². The van der Waals surface area contributed by atoms with Gasteiger partial charge in [-0.25, -0.2) is 4.39 Å². The van der Waals surface area contributed by atoms with E-state index in [4.69, 9.17) is 14.6 Å². The molecule has 0 N–H and O–H groups in total. The molecule has 0 aliphatic carbocycles. The first-order valence-corrected chi connectivity index (χ1v) is 8.16. The average molecular weight is 333 g/mol. The lowest BCUT2D eigenvalue weighted by atomic mass is 9.78. The Labute approximate surface area is 143 Å². The number of nitriles is 1. The highest BCUT2D eigenvalue weighted by atomic mass is 32.1. The van der Waals surface area contributed by atoms with Gasteiger partial charge in [0.25, 0.3) is 0 Å². The standard InChI is InChI=1S/C17H21BFNO2S/c1-16(2)17(3,4)22-18(21-16)14(11-23)10-13-6-5-12(7-8-20)9-15(13)19/h5-6,9-10,23H,7,11H2,1-4H3. The summed E-state index contributed by atoms with van der Waals surface area (Å²) in [7, 11) is -0.546. The van der Waals surface area contributed by atoms with E-state index in [1.165, 1.54) is 6.07 Å². The molecule has 122 valence electrons. The van der Waals surface area contributed by atoms with E-state index in [0.717, 1.165) is 5.47 Å². The molecule has 0 spiro atoms. The molecule has 0 amide bonds. The molecule has 0 bridgehead atoms. The number of halogens is 1. The molecule has 2 rings (SSSR count). The van der Waals surface area contributed by atoms with E-state index in [9.17, 15) is 4.39 Å². The summed E-state index contributed by atoms with van der Waals surface area (Å²) in [6.45, 7) is 7.89. The summed E-state index contributed by atoms with van der Waals surface area (Å²) in [6, 6.07) is 6.81. The molecule has 1 aliphatic heterocycles. The van der Waals surface area contributed by atoms with Gasteiger partial charge >= 0.3 is 7.12 Å². The van der Waals surface area contributed by atoms with Crippen LogP contribution in [0.3, 0.4) is 0 Å². The monoisotopic (exact) mass is 333 g/mol. The van der Waals surface area contributed by atoms with Crippen molar-refractivity contribution >= 4 is 25.8 Å². The van der Waals surface area contributed by atoms with E-state index in [0.29, 0.717) is 16.9 Å². The van der Waals surface area contributed by atoms with Crippen LogP contribution in [0.2, 0.25) is 0 Å². The van der Waals surface area contributed by atoms with Crippen LogP contribution in [-0.4, -0.2) is 24.1 Å². The van der Waals surface area contributed by atoms with Crippen LogP contribution in [0.5, 0.6) is 0 Å². The van der Waals surface area contributed by atoms with E-state index in [1.54, 1.807) is 18.2 Å². The lowest BCUT2D eigenvalue weighted by molar-refractivity contribution is 0.00578. The molecule has 1 saturated heterocycles. The molecule has 0 radical (unpaired) electrons. The highest BCUT2D eigenvalue weighted by Gasteiger charge is 2.52. The van der Waals surface area contributed by atoms with Gasteiger partial charge in [0, 0.05) is 11.3 Å². The Hall–Kier alpha value is -1.29. The van der Waals surface area contributed by atoms with E-state index < -0.39 is 18.3 Å². The Balaban J connectivity index is 2.29. The Morgan fingerprint density at radius 3 is 2.39 bits per heavy atom. The van der Waals surface area contributed by atoms with Crippen molar-refractivity contribution < 1.29 is 13.7 Å². The molecule has 0 saturated carbocycles. The predicted octanol–water partition coefficient (Wildman–Crippen LogP) is 3.84. The lowest BCUT2D eigenvalue weighted by Crippen LogP contribution is -2.41. The lowest BCUT2D eigenvalue weighted by Gasteiger charge is -2.32. The third-order valence-electron chi connectivity index (χ3n) is 4.43. The van der Waals surface area contributed by atoms with Gasteiger partial charge in [-0.1, -0.05) is 18.2 Å². The van der Waals surface area contributed by atoms with Crippen LogP contribution in [0.15, 0.2) is 23.7 Å².